The lowest BCUT2D eigenvalue weighted by Crippen LogP contribution is -2.43. The van der Waals surface area contributed by atoms with Gasteiger partial charge in [0.05, 0.1) is 12.5 Å². The summed E-state index contributed by atoms with van der Waals surface area (Å²) in [5, 5.41) is 4.02. The van der Waals surface area contributed by atoms with Gasteiger partial charge in [0.1, 0.15) is 5.69 Å². The second-order valence-electron chi connectivity index (χ2n) is 5.42. The molecule has 0 saturated carbocycles. The summed E-state index contributed by atoms with van der Waals surface area (Å²) in [6, 6.07) is 3.90. The van der Waals surface area contributed by atoms with Crippen LogP contribution < -0.4 is 5.32 Å². The van der Waals surface area contributed by atoms with Gasteiger partial charge in [-0.15, -0.1) is 0 Å². The van der Waals surface area contributed by atoms with Crippen molar-refractivity contribution in [3.05, 3.63) is 30.3 Å². The quantitative estimate of drug-likeness (QED) is 0.880. The summed E-state index contributed by atoms with van der Waals surface area (Å²) < 4.78 is 5.23. The average molecular weight is 257 g/mol. The molecule has 0 radical (unpaired) electrons. The molecule has 5 heteroatoms. The smallest absolute Gasteiger partial charge is 0.270 e. The van der Waals surface area contributed by atoms with Crippen LogP contribution >= 0.6 is 0 Å². The van der Waals surface area contributed by atoms with Crippen molar-refractivity contribution in [2.24, 2.45) is 5.92 Å². The molecular formula is C14H15N3O2. The summed E-state index contributed by atoms with van der Waals surface area (Å²) in [6.07, 6.45) is 4.41. The Morgan fingerprint density at radius 3 is 3.21 bits per heavy atom. The number of nitrogens with zero attached hydrogens (tertiary/aromatic N) is 2. The van der Waals surface area contributed by atoms with Crippen LogP contribution in [0.5, 0.6) is 0 Å². The van der Waals surface area contributed by atoms with Crippen LogP contribution in [0.4, 0.5) is 0 Å². The van der Waals surface area contributed by atoms with Gasteiger partial charge in [-0.2, -0.15) is 0 Å². The predicted molar refractivity (Wildman–Crippen MR) is 69.8 cm³/mol. The van der Waals surface area contributed by atoms with Crippen LogP contribution in [0.2, 0.25) is 0 Å². The van der Waals surface area contributed by atoms with E-state index in [0.717, 1.165) is 18.5 Å². The Bertz CT molecular complexity index is 636. The van der Waals surface area contributed by atoms with Crippen molar-refractivity contribution in [2.75, 3.05) is 19.6 Å². The fraction of sp³-hybridized carbons (Fsp3) is 0.429. The van der Waals surface area contributed by atoms with Crippen LogP contribution in [0.3, 0.4) is 0 Å². The van der Waals surface area contributed by atoms with Gasteiger partial charge in [0, 0.05) is 24.5 Å². The third-order valence-corrected chi connectivity index (χ3v) is 4.22. The molecular weight excluding hydrogens is 242 g/mol. The number of hydrogen-bond acceptors (Lipinski definition) is 4. The first-order chi connectivity index (χ1) is 9.29. The number of pyridine rings is 1. The van der Waals surface area contributed by atoms with Gasteiger partial charge in [0.15, 0.2) is 5.58 Å². The maximum absolute atomic E-state index is 12.2. The fourth-order valence-corrected chi connectivity index (χ4v) is 3.18. The van der Waals surface area contributed by atoms with Crippen molar-refractivity contribution in [2.45, 2.75) is 12.5 Å². The number of carbonyl (C=O) groups excluding carboxylic acids is 1. The van der Waals surface area contributed by atoms with Crippen LogP contribution in [0.1, 0.15) is 16.9 Å². The summed E-state index contributed by atoms with van der Waals surface area (Å²) in [6.45, 7) is 3.28. The number of amides is 1. The van der Waals surface area contributed by atoms with Gasteiger partial charge in [0.25, 0.3) is 5.91 Å². The second-order valence-corrected chi connectivity index (χ2v) is 5.42. The van der Waals surface area contributed by atoms with E-state index in [1.54, 1.807) is 18.5 Å². The molecule has 1 amide bonds. The number of piperidine rings is 1. The fourth-order valence-electron chi connectivity index (χ4n) is 3.18. The van der Waals surface area contributed by atoms with Crippen LogP contribution in [-0.2, 0) is 0 Å². The van der Waals surface area contributed by atoms with Crippen molar-refractivity contribution in [1.82, 2.24) is 15.2 Å². The minimum Gasteiger partial charge on any atom is -0.463 e. The molecule has 2 aliphatic rings. The third kappa shape index (κ3) is 1.81. The zero-order valence-electron chi connectivity index (χ0n) is 10.5. The van der Waals surface area contributed by atoms with Crippen LogP contribution in [-0.4, -0.2) is 41.5 Å². The Hall–Kier alpha value is -1.88. The number of carbonyl (C=O) groups is 1. The minimum atomic E-state index is -0.0816. The molecule has 0 aromatic carbocycles. The van der Waals surface area contributed by atoms with E-state index in [4.69, 9.17) is 4.42 Å². The first-order valence-corrected chi connectivity index (χ1v) is 6.66. The normalized spacial score (nSPS) is 28.9. The van der Waals surface area contributed by atoms with Gasteiger partial charge in [-0.3, -0.25) is 4.79 Å². The Morgan fingerprint density at radius 2 is 2.42 bits per heavy atom. The molecule has 2 aromatic rings. The molecule has 19 heavy (non-hydrogen) atoms. The van der Waals surface area contributed by atoms with E-state index < -0.39 is 0 Å². The van der Waals surface area contributed by atoms with Gasteiger partial charge >= 0.3 is 0 Å². The van der Waals surface area contributed by atoms with Gasteiger partial charge in [-0.25, -0.2) is 4.98 Å². The molecule has 2 aromatic heterocycles. The average Bonchev–Trinajstić information content (AvgIpc) is 3.13. The Balaban J connectivity index is 1.53. The number of rotatable bonds is 2. The van der Waals surface area contributed by atoms with Crippen molar-refractivity contribution in [1.29, 1.82) is 0 Å². The molecule has 0 spiro atoms. The number of fused-ring (bicyclic) bond motifs is 3. The van der Waals surface area contributed by atoms with Gasteiger partial charge in [-0.1, -0.05) is 0 Å². The molecule has 2 aliphatic heterocycles. The molecule has 2 saturated heterocycles. The lowest BCUT2D eigenvalue weighted by Gasteiger charge is -2.22. The first kappa shape index (κ1) is 11.0. The summed E-state index contributed by atoms with van der Waals surface area (Å²) in [4.78, 5) is 18.8. The van der Waals surface area contributed by atoms with Gasteiger partial charge in [-0.05, 0) is 31.0 Å². The molecule has 2 bridgehead atoms. The zero-order chi connectivity index (χ0) is 12.8. The standard InChI is InChI=1S/C14H15N3O2/c18-14(16-12-8-17-3-1-10(12)7-17)11-5-9-2-4-19-13(9)6-15-11/h2,4-6,10,12H,1,3,7-8H2,(H,16,18)/t10-,12?/m1/s1. The monoisotopic (exact) mass is 257 g/mol. The van der Waals surface area contributed by atoms with Gasteiger partial charge in [0.2, 0.25) is 0 Å². The Kier molecular flexibility index (Phi) is 2.35. The van der Waals surface area contributed by atoms with Crippen molar-refractivity contribution >= 4 is 16.9 Å². The molecule has 1 N–H and O–H groups in total. The van der Waals surface area contributed by atoms with Crippen LogP contribution in [0.15, 0.2) is 29.0 Å². The predicted octanol–water partition coefficient (Wildman–Crippen LogP) is 1.26. The Morgan fingerprint density at radius 1 is 1.47 bits per heavy atom. The van der Waals surface area contributed by atoms with E-state index in [9.17, 15) is 4.79 Å². The van der Waals surface area contributed by atoms with Crippen LogP contribution in [0, 0.1) is 5.92 Å². The highest BCUT2D eigenvalue weighted by Crippen LogP contribution is 2.27. The number of aromatic nitrogens is 1. The van der Waals surface area contributed by atoms with Crippen LogP contribution in [0.25, 0.3) is 11.0 Å². The van der Waals surface area contributed by atoms with E-state index >= 15 is 0 Å². The Labute approximate surface area is 110 Å². The van der Waals surface area contributed by atoms with E-state index in [2.05, 4.69) is 15.2 Å². The van der Waals surface area contributed by atoms with E-state index in [1.165, 1.54) is 13.0 Å². The number of furan rings is 1. The molecule has 2 unspecified atom stereocenters. The largest absolute Gasteiger partial charge is 0.463 e. The van der Waals surface area contributed by atoms with E-state index in [1.807, 2.05) is 6.07 Å². The highest BCUT2D eigenvalue weighted by molar-refractivity contribution is 5.95. The van der Waals surface area contributed by atoms with Gasteiger partial charge < -0.3 is 14.6 Å². The molecule has 2 fully saturated rings. The first-order valence-electron chi connectivity index (χ1n) is 6.66. The minimum absolute atomic E-state index is 0.0816. The second kappa shape index (κ2) is 4.06. The molecule has 0 aliphatic carbocycles. The maximum atomic E-state index is 12.2. The molecule has 3 atom stereocenters. The maximum Gasteiger partial charge on any atom is 0.270 e. The molecule has 5 nitrogen and oxygen atoms in total. The van der Waals surface area contributed by atoms with E-state index in [0.29, 0.717) is 17.2 Å². The SMILES string of the molecule is O=C(NC1CN2CC[C@@H]1C2)c1cc2ccoc2cn1. The van der Waals surface area contributed by atoms with Crippen molar-refractivity contribution in [3.63, 3.8) is 0 Å². The number of nitrogens with one attached hydrogen (secondary N) is 1. The summed E-state index contributed by atoms with van der Waals surface area (Å²) in [7, 11) is 0. The van der Waals surface area contributed by atoms with Crippen molar-refractivity contribution < 1.29 is 9.21 Å². The lowest BCUT2D eigenvalue weighted by molar-refractivity contribution is 0.0919. The number of hydrogen-bond donors (Lipinski definition) is 1. The summed E-state index contributed by atoms with van der Waals surface area (Å²) in [5.41, 5.74) is 1.18. The summed E-state index contributed by atoms with van der Waals surface area (Å²) >= 11 is 0. The lowest BCUT2D eigenvalue weighted by atomic mass is 10.00. The third-order valence-electron chi connectivity index (χ3n) is 4.22. The molecule has 4 heterocycles. The molecule has 4 rings (SSSR count). The highest BCUT2D eigenvalue weighted by atomic mass is 16.3. The van der Waals surface area contributed by atoms with Crippen molar-refractivity contribution in [3.8, 4) is 0 Å². The highest BCUT2D eigenvalue weighted by Gasteiger charge is 2.38. The zero-order valence-corrected chi connectivity index (χ0v) is 10.5. The topological polar surface area (TPSA) is 58.4 Å². The molecule has 98 valence electrons. The van der Waals surface area contributed by atoms with E-state index in [-0.39, 0.29) is 11.9 Å². The summed E-state index contributed by atoms with van der Waals surface area (Å²) in [5.74, 6) is 0.531.